The summed E-state index contributed by atoms with van der Waals surface area (Å²) in [7, 11) is 1.40. The second-order valence-electron chi connectivity index (χ2n) is 4.96. The van der Waals surface area contributed by atoms with Crippen LogP contribution in [0.5, 0.6) is 28.7 Å². The highest BCUT2D eigenvalue weighted by Gasteiger charge is 2.36. The molecule has 6 heteroatoms. The van der Waals surface area contributed by atoms with Gasteiger partial charge in [0.25, 0.3) is 0 Å². The fraction of sp³-hybridized carbons (Fsp3) is 0.250. The van der Waals surface area contributed by atoms with Gasteiger partial charge in [0, 0.05) is 12.1 Å². The van der Waals surface area contributed by atoms with E-state index in [0.29, 0.717) is 0 Å². The maximum atomic E-state index is 10.9. The Kier molecular flexibility index (Phi) is 4.05. The molecule has 0 fully saturated rings. The summed E-state index contributed by atoms with van der Waals surface area (Å²) in [6.07, 6.45) is 0.116. The van der Waals surface area contributed by atoms with Crippen LogP contribution in [-0.4, -0.2) is 32.6 Å². The van der Waals surface area contributed by atoms with Gasteiger partial charge in [-0.2, -0.15) is 0 Å². The van der Waals surface area contributed by atoms with Gasteiger partial charge >= 0.3 is 0 Å². The van der Waals surface area contributed by atoms with Crippen molar-refractivity contribution in [3.8, 4) is 28.7 Å². The van der Waals surface area contributed by atoms with Gasteiger partial charge in [0.15, 0.2) is 11.5 Å². The van der Waals surface area contributed by atoms with E-state index in [1.54, 1.807) is 6.92 Å². The third kappa shape index (κ3) is 2.48. The van der Waals surface area contributed by atoms with Gasteiger partial charge in [-0.1, -0.05) is 13.0 Å². The normalized spacial score (nSPS) is 13.6. The monoisotopic (exact) mass is 306 g/mol. The zero-order chi connectivity index (χ0) is 16.5. The van der Waals surface area contributed by atoms with Crippen LogP contribution in [0.4, 0.5) is 0 Å². The molecule has 0 amide bonds. The molecule has 1 unspecified atom stereocenters. The van der Waals surface area contributed by atoms with Crippen molar-refractivity contribution in [1.82, 2.24) is 0 Å². The number of benzene rings is 2. The standard InChI is InChI=1S/C16H18O6/c1-3-16(21,9-4-5-14(22-2)11(18)6-9)15-12(19)7-10(17)8-13(15)20/h4-8,17-21H,3H2,1-2H3. The highest BCUT2D eigenvalue weighted by atomic mass is 16.5. The molecule has 5 N–H and O–H groups in total. The first-order valence-corrected chi connectivity index (χ1v) is 6.68. The highest BCUT2D eigenvalue weighted by molar-refractivity contribution is 5.56. The predicted molar refractivity (Wildman–Crippen MR) is 79.4 cm³/mol. The first-order valence-electron chi connectivity index (χ1n) is 6.68. The van der Waals surface area contributed by atoms with Gasteiger partial charge in [0.2, 0.25) is 0 Å². The number of aromatic hydroxyl groups is 4. The Morgan fingerprint density at radius 1 is 0.955 bits per heavy atom. The van der Waals surface area contributed by atoms with Gasteiger partial charge in [0.05, 0.1) is 12.7 Å². The van der Waals surface area contributed by atoms with Crippen LogP contribution in [0.25, 0.3) is 0 Å². The molecule has 0 spiro atoms. The van der Waals surface area contributed by atoms with Crippen molar-refractivity contribution in [2.75, 3.05) is 7.11 Å². The lowest BCUT2D eigenvalue weighted by molar-refractivity contribution is 0.0706. The van der Waals surface area contributed by atoms with Crippen molar-refractivity contribution in [2.24, 2.45) is 0 Å². The molecule has 2 rings (SSSR count). The number of ether oxygens (including phenoxy) is 1. The molecule has 22 heavy (non-hydrogen) atoms. The van der Waals surface area contributed by atoms with E-state index in [1.807, 2.05) is 0 Å². The van der Waals surface area contributed by atoms with Crippen LogP contribution in [0.3, 0.4) is 0 Å². The molecule has 0 heterocycles. The molecule has 0 aliphatic carbocycles. The Hall–Kier alpha value is -2.60. The van der Waals surface area contributed by atoms with Crippen LogP contribution >= 0.6 is 0 Å². The Morgan fingerprint density at radius 2 is 1.55 bits per heavy atom. The summed E-state index contributed by atoms with van der Waals surface area (Å²) < 4.78 is 4.95. The smallest absolute Gasteiger partial charge is 0.160 e. The molecule has 2 aromatic rings. The van der Waals surface area contributed by atoms with Crippen LogP contribution in [0.15, 0.2) is 30.3 Å². The maximum absolute atomic E-state index is 10.9. The van der Waals surface area contributed by atoms with Crippen molar-refractivity contribution in [3.63, 3.8) is 0 Å². The Labute approximate surface area is 127 Å². The molecular formula is C16H18O6. The van der Waals surface area contributed by atoms with Crippen LogP contribution in [0.2, 0.25) is 0 Å². The van der Waals surface area contributed by atoms with Gasteiger partial charge in [-0.05, 0) is 24.1 Å². The van der Waals surface area contributed by atoms with Crippen molar-refractivity contribution in [2.45, 2.75) is 18.9 Å². The lowest BCUT2D eigenvalue weighted by Crippen LogP contribution is -2.26. The minimum atomic E-state index is -1.74. The molecule has 0 aromatic heterocycles. The van der Waals surface area contributed by atoms with Gasteiger partial charge in [-0.15, -0.1) is 0 Å². The molecule has 0 bridgehead atoms. The zero-order valence-corrected chi connectivity index (χ0v) is 12.2. The van der Waals surface area contributed by atoms with Crippen LogP contribution < -0.4 is 4.74 Å². The van der Waals surface area contributed by atoms with Crippen molar-refractivity contribution in [1.29, 1.82) is 0 Å². The van der Waals surface area contributed by atoms with Crippen molar-refractivity contribution < 1.29 is 30.3 Å². The van der Waals surface area contributed by atoms with E-state index in [9.17, 15) is 25.5 Å². The summed E-state index contributed by atoms with van der Waals surface area (Å²) in [6, 6.07) is 6.35. The third-order valence-electron chi connectivity index (χ3n) is 3.66. The molecule has 0 radical (unpaired) electrons. The fourth-order valence-corrected chi connectivity index (χ4v) is 2.49. The van der Waals surface area contributed by atoms with E-state index in [0.717, 1.165) is 12.1 Å². The SMILES string of the molecule is CCC(O)(c1ccc(OC)c(O)c1)c1c(O)cc(O)cc1O. The lowest BCUT2D eigenvalue weighted by Gasteiger charge is -2.29. The van der Waals surface area contributed by atoms with Crippen LogP contribution in [0.1, 0.15) is 24.5 Å². The van der Waals surface area contributed by atoms with E-state index in [1.165, 1.54) is 25.3 Å². The first kappa shape index (κ1) is 15.8. The van der Waals surface area contributed by atoms with Gasteiger partial charge < -0.3 is 30.3 Å². The Balaban J connectivity index is 2.65. The van der Waals surface area contributed by atoms with Crippen LogP contribution in [0, 0.1) is 0 Å². The summed E-state index contributed by atoms with van der Waals surface area (Å²) in [6.45, 7) is 1.66. The number of aliphatic hydroxyl groups is 1. The lowest BCUT2D eigenvalue weighted by atomic mass is 9.82. The van der Waals surface area contributed by atoms with Crippen molar-refractivity contribution >= 4 is 0 Å². The molecule has 118 valence electrons. The molecule has 0 aliphatic rings. The zero-order valence-electron chi connectivity index (χ0n) is 12.2. The molecule has 2 aromatic carbocycles. The fourth-order valence-electron chi connectivity index (χ4n) is 2.49. The van der Waals surface area contributed by atoms with Crippen LogP contribution in [-0.2, 0) is 5.60 Å². The number of hydrogen-bond donors (Lipinski definition) is 5. The minimum Gasteiger partial charge on any atom is -0.508 e. The summed E-state index contributed by atoms with van der Waals surface area (Å²) >= 11 is 0. The minimum absolute atomic E-state index is 0.116. The molecule has 1 atom stereocenters. The predicted octanol–water partition coefficient (Wildman–Crippen LogP) is 2.16. The van der Waals surface area contributed by atoms with Gasteiger partial charge in [0.1, 0.15) is 22.8 Å². The molecule has 0 saturated carbocycles. The quantitative estimate of drug-likeness (QED) is 0.592. The van der Waals surface area contributed by atoms with E-state index in [4.69, 9.17) is 4.74 Å². The number of methoxy groups -OCH3 is 1. The second kappa shape index (κ2) is 5.65. The molecule has 6 nitrogen and oxygen atoms in total. The van der Waals surface area contributed by atoms with E-state index in [-0.39, 0.29) is 34.8 Å². The third-order valence-corrected chi connectivity index (χ3v) is 3.66. The summed E-state index contributed by atoms with van der Waals surface area (Å²) in [5.74, 6) is -1.16. The number of rotatable bonds is 4. The van der Waals surface area contributed by atoms with E-state index in [2.05, 4.69) is 0 Å². The molecular weight excluding hydrogens is 288 g/mol. The van der Waals surface area contributed by atoms with Gasteiger partial charge in [-0.25, -0.2) is 0 Å². The van der Waals surface area contributed by atoms with Crippen molar-refractivity contribution in [3.05, 3.63) is 41.5 Å². The summed E-state index contributed by atoms with van der Waals surface area (Å²) in [5, 5.41) is 50.2. The van der Waals surface area contributed by atoms with E-state index >= 15 is 0 Å². The molecule has 0 aliphatic heterocycles. The summed E-state index contributed by atoms with van der Waals surface area (Å²) in [5.41, 5.74) is -1.62. The number of hydrogen-bond acceptors (Lipinski definition) is 6. The topological polar surface area (TPSA) is 110 Å². The Bertz CT molecular complexity index is 674. The average molecular weight is 306 g/mol. The first-order chi connectivity index (χ1) is 10.3. The largest absolute Gasteiger partial charge is 0.508 e. The van der Waals surface area contributed by atoms with Gasteiger partial charge in [-0.3, -0.25) is 0 Å². The summed E-state index contributed by atoms with van der Waals surface area (Å²) in [4.78, 5) is 0. The van der Waals surface area contributed by atoms with E-state index < -0.39 is 17.1 Å². The Morgan fingerprint density at radius 3 is 2.00 bits per heavy atom. The average Bonchev–Trinajstić information content (AvgIpc) is 2.45. The molecule has 0 saturated heterocycles. The number of phenolic OH excluding ortho intramolecular Hbond substituents is 4. The highest BCUT2D eigenvalue weighted by Crippen LogP contribution is 2.46. The maximum Gasteiger partial charge on any atom is 0.160 e. The second-order valence-corrected chi connectivity index (χ2v) is 4.96. The number of phenols is 4.